The molecule has 0 spiro atoms. The van der Waals surface area contributed by atoms with E-state index in [9.17, 15) is 4.79 Å². The first-order valence-corrected chi connectivity index (χ1v) is 5.89. The normalized spacial score (nSPS) is 23.0. The average molecular weight is 197 g/mol. The van der Waals surface area contributed by atoms with Crippen molar-refractivity contribution in [2.45, 2.75) is 46.0 Å². The fourth-order valence-corrected chi connectivity index (χ4v) is 2.37. The summed E-state index contributed by atoms with van der Waals surface area (Å²) in [5.74, 6) is 0. The maximum absolute atomic E-state index is 11.1. The second-order valence-corrected chi connectivity index (χ2v) is 4.86. The van der Waals surface area contributed by atoms with Gasteiger partial charge in [-0.05, 0) is 32.4 Å². The summed E-state index contributed by atoms with van der Waals surface area (Å²) in [7, 11) is 0. The molecule has 0 aromatic heterocycles. The van der Waals surface area contributed by atoms with E-state index in [-0.39, 0.29) is 5.41 Å². The molecule has 0 aromatic carbocycles. The van der Waals surface area contributed by atoms with Crippen molar-refractivity contribution in [1.29, 1.82) is 0 Å². The largest absolute Gasteiger partial charge is 0.303 e. The molecule has 2 nitrogen and oxygen atoms in total. The molecule has 14 heavy (non-hydrogen) atoms. The molecule has 0 radical (unpaired) electrons. The lowest BCUT2D eigenvalue weighted by molar-refractivity contribution is -0.117. The predicted octanol–water partition coefficient (Wildman–Crippen LogP) is 2.48. The molecule has 0 aliphatic carbocycles. The number of nitrogens with zero attached hydrogens (tertiary/aromatic N) is 1. The summed E-state index contributed by atoms with van der Waals surface area (Å²) in [6, 6.07) is 0. The molecule has 1 atom stereocenters. The number of carbonyl (C=O) groups is 1. The van der Waals surface area contributed by atoms with E-state index in [0.717, 1.165) is 25.7 Å². The van der Waals surface area contributed by atoms with Crippen LogP contribution in [0.1, 0.15) is 46.0 Å². The molecule has 0 saturated carbocycles. The minimum absolute atomic E-state index is 0.105. The van der Waals surface area contributed by atoms with Gasteiger partial charge in [-0.25, -0.2) is 0 Å². The van der Waals surface area contributed by atoms with Crippen LogP contribution in [0.2, 0.25) is 0 Å². The molecule has 1 heterocycles. The van der Waals surface area contributed by atoms with Gasteiger partial charge < -0.3 is 9.69 Å². The molecule has 1 saturated heterocycles. The minimum Gasteiger partial charge on any atom is -0.303 e. The van der Waals surface area contributed by atoms with Crippen molar-refractivity contribution >= 4 is 6.29 Å². The molecule has 1 fully saturated rings. The molecule has 1 rings (SSSR count). The number of likely N-dealkylation sites (tertiary alicyclic amines) is 1. The fourth-order valence-electron chi connectivity index (χ4n) is 2.37. The van der Waals surface area contributed by atoms with Crippen LogP contribution in [0.5, 0.6) is 0 Å². The van der Waals surface area contributed by atoms with Crippen molar-refractivity contribution < 1.29 is 4.79 Å². The van der Waals surface area contributed by atoms with Crippen LogP contribution in [0.3, 0.4) is 0 Å². The van der Waals surface area contributed by atoms with Gasteiger partial charge in [0.05, 0.1) is 0 Å². The Balaban J connectivity index is 2.41. The smallest absolute Gasteiger partial charge is 0.127 e. The first-order valence-electron chi connectivity index (χ1n) is 5.89. The van der Waals surface area contributed by atoms with Gasteiger partial charge in [0, 0.05) is 12.0 Å². The van der Waals surface area contributed by atoms with E-state index >= 15 is 0 Å². The quantitative estimate of drug-likeness (QED) is 0.631. The van der Waals surface area contributed by atoms with Gasteiger partial charge in [0.1, 0.15) is 6.29 Å². The average Bonchev–Trinajstić information content (AvgIpc) is 2.20. The van der Waals surface area contributed by atoms with E-state index in [2.05, 4.69) is 18.7 Å². The monoisotopic (exact) mass is 197 g/mol. The summed E-state index contributed by atoms with van der Waals surface area (Å²) < 4.78 is 0. The zero-order valence-corrected chi connectivity index (χ0v) is 9.59. The molecule has 1 unspecified atom stereocenters. The third kappa shape index (κ3) is 3.41. The zero-order chi connectivity index (χ0) is 10.4. The van der Waals surface area contributed by atoms with Crippen LogP contribution in [0, 0.1) is 5.41 Å². The van der Waals surface area contributed by atoms with Gasteiger partial charge in [-0.15, -0.1) is 0 Å². The van der Waals surface area contributed by atoms with Crippen LogP contribution >= 0.6 is 0 Å². The van der Waals surface area contributed by atoms with Crippen LogP contribution < -0.4 is 0 Å². The van der Waals surface area contributed by atoms with Crippen molar-refractivity contribution in [2.24, 2.45) is 5.41 Å². The van der Waals surface area contributed by atoms with E-state index in [1.165, 1.54) is 32.4 Å². The van der Waals surface area contributed by atoms with Crippen LogP contribution in [-0.2, 0) is 4.79 Å². The number of carbonyl (C=O) groups excluding carboxylic acids is 1. The lowest BCUT2D eigenvalue weighted by atomic mass is 9.86. The molecule has 0 bridgehead atoms. The fraction of sp³-hybridized carbons (Fsp3) is 0.917. The summed E-state index contributed by atoms with van der Waals surface area (Å²) in [4.78, 5) is 13.5. The predicted molar refractivity (Wildman–Crippen MR) is 59.4 cm³/mol. The van der Waals surface area contributed by atoms with Gasteiger partial charge in [0.25, 0.3) is 0 Å². The molecule has 82 valence electrons. The lowest BCUT2D eigenvalue weighted by Crippen LogP contribution is -2.39. The standard InChI is InChI=1S/C12H23NO/c1-3-7-12(2,11-14)10-13-8-5-4-6-9-13/h11H,3-10H2,1-2H3. The summed E-state index contributed by atoms with van der Waals surface area (Å²) in [6.07, 6.45) is 7.26. The topological polar surface area (TPSA) is 20.3 Å². The molecular formula is C12H23NO. The van der Waals surface area contributed by atoms with Gasteiger partial charge in [-0.1, -0.05) is 26.7 Å². The molecule has 1 aliphatic rings. The van der Waals surface area contributed by atoms with Crippen molar-refractivity contribution in [1.82, 2.24) is 4.90 Å². The molecule has 1 aliphatic heterocycles. The van der Waals surface area contributed by atoms with Crippen molar-refractivity contribution in [3.05, 3.63) is 0 Å². The number of aldehydes is 1. The Kier molecular flexibility index (Phi) is 4.59. The Bertz CT molecular complexity index is 175. The first-order chi connectivity index (χ1) is 6.70. The van der Waals surface area contributed by atoms with Crippen LogP contribution in [0.25, 0.3) is 0 Å². The van der Waals surface area contributed by atoms with E-state index in [4.69, 9.17) is 0 Å². The minimum atomic E-state index is -0.105. The number of piperidine rings is 1. The Hall–Kier alpha value is -0.370. The van der Waals surface area contributed by atoms with Crippen LogP contribution in [-0.4, -0.2) is 30.8 Å². The van der Waals surface area contributed by atoms with Gasteiger partial charge in [-0.2, -0.15) is 0 Å². The first kappa shape index (κ1) is 11.7. The second-order valence-electron chi connectivity index (χ2n) is 4.86. The summed E-state index contributed by atoms with van der Waals surface area (Å²) in [6.45, 7) is 7.58. The number of hydrogen-bond acceptors (Lipinski definition) is 2. The van der Waals surface area contributed by atoms with Crippen LogP contribution in [0.4, 0.5) is 0 Å². The Morgan fingerprint density at radius 3 is 2.43 bits per heavy atom. The van der Waals surface area contributed by atoms with Gasteiger partial charge >= 0.3 is 0 Å². The van der Waals surface area contributed by atoms with Gasteiger partial charge in [0.15, 0.2) is 0 Å². The molecule has 0 amide bonds. The Morgan fingerprint density at radius 2 is 1.93 bits per heavy atom. The zero-order valence-electron chi connectivity index (χ0n) is 9.59. The Morgan fingerprint density at radius 1 is 1.29 bits per heavy atom. The maximum Gasteiger partial charge on any atom is 0.127 e. The Labute approximate surface area is 87.7 Å². The highest BCUT2D eigenvalue weighted by Gasteiger charge is 2.26. The highest BCUT2D eigenvalue weighted by atomic mass is 16.1. The molecule has 2 heteroatoms. The second kappa shape index (κ2) is 5.50. The van der Waals surface area contributed by atoms with Gasteiger partial charge in [-0.3, -0.25) is 0 Å². The van der Waals surface area contributed by atoms with Crippen LogP contribution in [0.15, 0.2) is 0 Å². The maximum atomic E-state index is 11.1. The number of rotatable bonds is 5. The summed E-state index contributed by atoms with van der Waals surface area (Å²) in [5.41, 5.74) is -0.105. The highest BCUT2D eigenvalue weighted by molar-refractivity contribution is 5.58. The van der Waals surface area contributed by atoms with Gasteiger partial charge in [0.2, 0.25) is 0 Å². The molecule has 0 N–H and O–H groups in total. The van der Waals surface area contributed by atoms with Crippen molar-refractivity contribution in [3.8, 4) is 0 Å². The summed E-state index contributed by atoms with van der Waals surface area (Å²) >= 11 is 0. The molecular weight excluding hydrogens is 174 g/mol. The molecule has 0 aromatic rings. The summed E-state index contributed by atoms with van der Waals surface area (Å²) in [5, 5.41) is 0. The number of hydrogen-bond donors (Lipinski definition) is 0. The SMILES string of the molecule is CCCC(C)(C=O)CN1CCCCC1. The van der Waals surface area contributed by atoms with E-state index in [0.29, 0.717) is 0 Å². The van der Waals surface area contributed by atoms with E-state index < -0.39 is 0 Å². The lowest BCUT2D eigenvalue weighted by Gasteiger charge is -2.33. The third-order valence-corrected chi connectivity index (χ3v) is 3.14. The third-order valence-electron chi connectivity index (χ3n) is 3.14. The highest BCUT2D eigenvalue weighted by Crippen LogP contribution is 2.23. The van der Waals surface area contributed by atoms with Crippen molar-refractivity contribution in [2.75, 3.05) is 19.6 Å². The van der Waals surface area contributed by atoms with E-state index in [1.54, 1.807) is 0 Å². The van der Waals surface area contributed by atoms with Crippen molar-refractivity contribution in [3.63, 3.8) is 0 Å². The van der Waals surface area contributed by atoms with E-state index in [1.807, 2.05) is 0 Å².